The van der Waals surface area contributed by atoms with Crippen LogP contribution in [0.15, 0.2) is 35.7 Å². The monoisotopic (exact) mass is 220 g/mol. The summed E-state index contributed by atoms with van der Waals surface area (Å²) in [6, 6.07) is 9.61. The maximum Gasteiger partial charge on any atom is 0.410 e. The SMILES string of the molecule is O=C(O)Nc1nc(-c2ccccc2)cs1. The molecule has 0 aliphatic rings. The number of amides is 1. The third-order valence-corrected chi connectivity index (χ3v) is 2.55. The lowest BCUT2D eigenvalue weighted by Crippen LogP contribution is -2.06. The molecule has 2 rings (SSSR count). The maximum atomic E-state index is 10.4. The van der Waals surface area contributed by atoms with Crippen LogP contribution in [-0.4, -0.2) is 16.2 Å². The summed E-state index contributed by atoms with van der Waals surface area (Å²) in [5, 5.41) is 12.9. The zero-order chi connectivity index (χ0) is 10.7. The number of rotatable bonds is 2. The molecular formula is C10H8N2O2S. The van der Waals surface area contributed by atoms with Crippen LogP contribution in [0.3, 0.4) is 0 Å². The van der Waals surface area contributed by atoms with Crippen LogP contribution >= 0.6 is 11.3 Å². The first-order valence-electron chi connectivity index (χ1n) is 4.26. The summed E-state index contributed by atoms with van der Waals surface area (Å²) < 4.78 is 0. The summed E-state index contributed by atoms with van der Waals surface area (Å²) in [6.45, 7) is 0. The van der Waals surface area contributed by atoms with Crippen LogP contribution in [0.25, 0.3) is 11.3 Å². The minimum absolute atomic E-state index is 0.390. The first-order valence-corrected chi connectivity index (χ1v) is 5.14. The van der Waals surface area contributed by atoms with Gasteiger partial charge in [-0.2, -0.15) is 0 Å². The van der Waals surface area contributed by atoms with Crippen molar-refractivity contribution < 1.29 is 9.90 Å². The van der Waals surface area contributed by atoms with Crippen molar-refractivity contribution in [1.29, 1.82) is 0 Å². The number of hydrogen-bond acceptors (Lipinski definition) is 3. The van der Waals surface area contributed by atoms with E-state index in [2.05, 4.69) is 10.3 Å². The van der Waals surface area contributed by atoms with Gasteiger partial charge in [-0.3, -0.25) is 5.32 Å². The third-order valence-electron chi connectivity index (χ3n) is 1.79. The lowest BCUT2D eigenvalue weighted by molar-refractivity contribution is 0.209. The van der Waals surface area contributed by atoms with Crippen LogP contribution in [0.1, 0.15) is 0 Å². The molecule has 0 unspecified atom stereocenters. The fraction of sp³-hybridized carbons (Fsp3) is 0. The van der Waals surface area contributed by atoms with Gasteiger partial charge in [0.25, 0.3) is 0 Å². The Hall–Kier alpha value is -1.88. The Bertz CT molecular complexity index is 467. The molecule has 15 heavy (non-hydrogen) atoms. The normalized spacial score (nSPS) is 9.87. The molecule has 0 aliphatic heterocycles. The Morgan fingerprint density at radius 2 is 2.07 bits per heavy atom. The summed E-state index contributed by atoms with van der Waals surface area (Å²) in [5.74, 6) is 0. The van der Waals surface area contributed by atoms with Gasteiger partial charge >= 0.3 is 6.09 Å². The highest BCUT2D eigenvalue weighted by Gasteiger charge is 2.05. The summed E-state index contributed by atoms with van der Waals surface area (Å²) >= 11 is 1.27. The average molecular weight is 220 g/mol. The van der Waals surface area contributed by atoms with Gasteiger partial charge in [-0.05, 0) is 0 Å². The Morgan fingerprint density at radius 1 is 1.33 bits per heavy atom. The van der Waals surface area contributed by atoms with E-state index in [-0.39, 0.29) is 0 Å². The topological polar surface area (TPSA) is 62.2 Å². The van der Waals surface area contributed by atoms with Crippen molar-refractivity contribution >= 4 is 22.6 Å². The molecule has 4 nitrogen and oxygen atoms in total. The minimum Gasteiger partial charge on any atom is -0.465 e. The standard InChI is InChI=1S/C10H8N2O2S/c13-10(14)12-9-11-8(6-15-9)7-4-2-1-3-5-7/h1-6H,(H,11,12)(H,13,14). The summed E-state index contributed by atoms with van der Waals surface area (Å²) in [4.78, 5) is 14.5. The molecule has 0 saturated heterocycles. The molecule has 0 spiro atoms. The molecular weight excluding hydrogens is 212 g/mol. The predicted molar refractivity (Wildman–Crippen MR) is 59.2 cm³/mol. The Balaban J connectivity index is 2.24. The van der Waals surface area contributed by atoms with Crippen LogP contribution in [0.4, 0.5) is 9.93 Å². The van der Waals surface area contributed by atoms with E-state index in [0.717, 1.165) is 11.3 Å². The predicted octanol–water partition coefficient (Wildman–Crippen LogP) is 2.90. The lowest BCUT2D eigenvalue weighted by atomic mass is 10.2. The molecule has 1 amide bonds. The molecule has 0 bridgehead atoms. The van der Waals surface area contributed by atoms with Gasteiger partial charge in [0.05, 0.1) is 5.69 Å². The molecule has 0 saturated carbocycles. The van der Waals surface area contributed by atoms with E-state index < -0.39 is 6.09 Å². The highest BCUT2D eigenvalue weighted by Crippen LogP contribution is 2.24. The lowest BCUT2D eigenvalue weighted by Gasteiger charge is -1.94. The Morgan fingerprint density at radius 3 is 2.73 bits per heavy atom. The van der Waals surface area contributed by atoms with Gasteiger partial charge in [0.1, 0.15) is 0 Å². The van der Waals surface area contributed by atoms with Gasteiger partial charge in [-0.15, -0.1) is 11.3 Å². The Labute approximate surface area is 90.2 Å². The second-order valence-corrected chi connectivity index (χ2v) is 3.69. The van der Waals surface area contributed by atoms with Gasteiger partial charge in [0.15, 0.2) is 5.13 Å². The number of carbonyl (C=O) groups is 1. The van der Waals surface area contributed by atoms with Crippen LogP contribution in [0, 0.1) is 0 Å². The van der Waals surface area contributed by atoms with Crippen LogP contribution in [0.2, 0.25) is 0 Å². The molecule has 1 aromatic carbocycles. The van der Waals surface area contributed by atoms with E-state index in [1.807, 2.05) is 35.7 Å². The fourth-order valence-corrected chi connectivity index (χ4v) is 1.87. The third kappa shape index (κ3) is 2.32. The number of nitrogens with one attached hydrogen (secondary N) is 1. The van der Waals surface area contributed by atoms with Crippen molar-refractivity contribution in [3.8, 4) is 11.3 Å². The smallest absolute Gasteiger partial charge is 0.410 e. The second kappa shape index (κ2) is 4.10. The minimum atomic E-state index is -1.09. The summed E-state index contributed by atoms with van der Waals surface area (Å²) in [6.07, 6.45) is -1.09. The first-order chi connectivity index (χ1) is 7.25. The summed E-state index contributed by atoms with van der Waals surface area (Å²) in [5.41, 5.74) is 1.76. The van der Waals surface area contributed by atoms with Crippen molar-refractivity contribution in [2.75, 3.05) is 5.32 Å². The number of aromatic nitrogens is 1. The van der Waals surface area contributed by atoms with Crippen molar-refractivity contribution in [2.45, 2.75) is 0 Å². The fourth-order valence-electron chi connectivity index (χ4n) is 1.16. The highest BCUT2D eigenvalue weighted by atomic mass is 32.1. The van der Waals surface area contributed by atoms with Gasteiger partial charge in [-0.1, -0.05) is 30.3 Å². The van der Waals surface area contributed by atoms with E-state index in [1.54, 1.807) is 0 Å². The van der Waals surface area contributed by atoms with E-state index in [4.69, 9.17) is 5.11 Å². The molecule has 0 atom stereocenters. The van der Waals surface area contributed by atoms with Gasteiger partial charge in [0.2, 0.25) is 0 Å². The van der Waals surface area contributed by atoms with Gasteiger partial charge in [-0.25, -0.2) is 9.78 Å². The van der Waals surface area contributed by atoms with E-state index in [0.29, 0.717) is 5.13 Å². The molecule has 2 N–H and O–H groups in total. The zero-order valence-corrected chi connectivity index (χ0v) is 8.49. The Kier molecular flexibility index (Phi) is 2.64. The van der Waals surface area contributed by atoms with Crippen LogP contribution in [0.5, 0.6) is 0 Å². The highest BCUT2D eigenvalue weighted by molar-refractivity contribution is 7.14. The average Bonchev–Trinajstić information content (AvgIpc) is 2.67. The number of nitrogens with zero attached hydrogens (tertiary/aromatic N) is 1. The molecule has 5 heteroatoms. The number of thiazole rings is 1. The van der Waals surface area contributed by atoms with Crippen LogP contribution in [-0.2, 0) is 0 Å². The largest absolute Gasteiger partial charge is 0.465 e. The molecule has 0 radical (unpaired) electrons. The molecule has 0 fully saturated rings. The molecule has 1 aromatic heterocycles. The molecule has 2 aromatic rings. The maximum absolute atomic E-state index is 10.4. The van der Waals surface area contributed by atoms with E-state index in [9.17, 15) is 4.79 Å². The first kappa shape index (κ1) is 9.67. The number of anilines is 1. The second-order valence-electron chi connectivity index (χ2n) is 2.83. The number of hydrogen-bond donors (Lipinski definition) is 2. The zero-order valence-electron chi connectivity index (χ0n) is 7.68. The molecule has 1 heterocycles. The number of carboxylic acid groups (broad SMARTS) is 1. The van der Waals surface area contributed by atoms with Crippen molar-refractivity contribution in [2.24, 2.45) is 0 Å². The molecule has 0 aliphatic carbocycles. The summed E-state index contributed by atoms with van der Waals surface area (Å²) in [7, 11) is 0. The van der Waals surface area contributed by atoms with Gasteiger partial charge in [0, 0.05) is 10.9 Å². The number of benzene rings is 1. The molecule has 76 valence electrons. The van der Waals surface area contributed by atoms with Crippen molar-refractivity contribution in [3.05, 3.63) is 35.7 Å². The van der Waals surface area contributed by atoms with Gasteiger partial charge < -0.3 is 5.11 Å². The quantitative estimate of drug-likeness (QED) is 0.818. The van der Waals surface area contributed by atoms with Crippen molar-refractivity contribution in [1.82, 2.24) is 4.98 Å². The van der Waals surface area contributed by atoms with E-state index >= 15 is 0 Å². The van der Waals surface area contributed by atoms with E-state index in [1.165, 1.54) is 11.3 Å². The van der Waals surface area contributed by atoms with Crippen molar-refractivity contribution in [3.63, 3.8) is 0 Å². The van der Waals surface area contributed by atoms with Crippen LogP contribution < -0.4 is 5.32 Å².